The summed E-state index contributed by atoms with van der Waals surface area (Å²) in [4.78, 5) is 15.3. The lowest BCUT2D eigenvalue weighted by Crippen LogP contribution is -2.32. The molecule has 1 aromatic heterocycles. The summed E-state index contributed by atoms with van der Waals surface area (Å²) in [5, 5.41) is 4.72. The van der Waals surface area contributed by atoms with Crippen molar-refractivity contribution in [2.24, 2.45) is 0 Å². The Labute approximate surface area is 125 Å². The maximum Gasteiger partial charge on any atom is 0.252 e. The fraction of sp³-hybridized carbons (Fsp3) is 0.500. The molecule has 2 aromatic rings. The number of H-pyrrole nitrogens is 1. The molecule has 0 unspecified atom stereocenters. The first kappa shape index (κ1) is 14.3. The quantitative estimate of drug-likeness (QED) is 0.905. The van der Waals surface area contributed by atoms with Gasteiger partial charge in [-0.05, 0) is 43.9 Å². The average Bonchev–Trinajstić information content (AvgIpc) is 2.50. The predicted octanol–water partition coefficient (Wildman–Crippen LogP) is 3.57. The van der Waals surface area contributed by atoms with Crippen LogP contribution in [0.3, 0.4) is 0 Å². The molecule has 112 valence electrons. The minimum Gasteiger partial charge on any atom is -0.321 e. The van der Waals surface area contributed by atoms with Gasteiger partial charge < -0.3 is 10.3 Å². The molecule has 0 saturated heterocycles. The van der Waals surface area contributed by atoms with Crippen LogP contribution in [0, 0.1) is 13.8 Å². The van der Waals surface area contributed by atoms with E-state index >= 15 is 0 Å². The van der Waals surface area contributed by atoms with Gasteiger partial charge in [-0.1, -0.05) is 31.4 Å². The maximum absolute atomic E-state index is 12.3. The van der Waals surface area contributed by atoms with Crippen LogP contribution in [0.25, 0.3) is 10.9 Å². The van der Waals surface area contributed by atoms with Crippen molar-refractivity contribution in [3.63, 3.8) is 0 Å². The van der Waals surface area contributed by atoms with Crippen LogP contribution >= 0.6 is 0 Å². The fourth-order valence-electron chi connectivity index (χ4n) is 3.31. The van der Waals surface area contributed by atoms with Crippen molar-refractivity contribution in [1.29, 1.82) is 0 Å². The number of rotatable bonds is 3. The molecule has 0 bridgehead atoms. The van der Waals surface area contributed by atoms with Crippen LogP contribution in [-0.4, -0.2) is 11.0 Å². The molecule has 3 rings (SSSR count). The van der Waals surface area contributed by atoms with E-state index in [4.69, 9.17) is 0 Å². The smallest absolute Gasteiger partial charge is 0.252 e. The summed E-state index contributed by atoms with van der Waals surface area (Å²) in [5.74, 6) is 0. The Morgan fingerprint density at radius 3 is 2.62 bits per heavy atom. The van der Waals surface area contributed by atoms with Crippen LogP contribution in [0.5, 0.6) is 0 Å². The molecule has 0 aliphatic heterocycles. The zero-order valence-corrected chi connectivity index (χ0v) is 13.0. The monoisotopic (exact) mass is 284 g/mol. The van der Waals surface area contributed by atoms with Gasteiger partial charge in [0.1, 0.15) is 0 Å². The molecule has 1 fully saturated rings. The second kappa shape index (κ2) is 6.02. The van der Waals surface area contributed by atoms with Crippen LogP contribution in [0.1, 0.15) is 48.8 Å². The first-order valence-corrected chi connectivity index (χ1v) is 8.00. The van der Waals surface area contributed by atoms with E-state index in [1.807, 2.05) is 6.92 Å². The molecular formula is C18H24N2O. The Bertz CT molecular complexity index is 696. The summed E-state index contributed by atoms with van der Waals surface area (Å²) in [5.41, 5.74) is 4.20. The molecule has 1 aliphatic carbocycles. The third-order valence-electron chi connectivity index (χ3n) is 4.71. The van der Waals surface area contributed by atoms with Crippen LogP contribution in [-0.2, 0) is 6.54 Å². The minimum atomic E-state index is 0.0412. The van der Waals surface area contributed by atoms with E-state index in [1.165, 1.54) is 37.7 Å². The molecule has 1 aliphatic rings. The molecule has 0 atom stereocenters. The molecule has 1 saturated carbocycles. The molecule has 1 aromatic carbocycles. The average molecular weight is 284 g/mol. The number of pyridine rings is 1. The van der Waals surface area contributed by atoms with E-state index in [2.05, 4.69) is 35.4 Å². The van der Waals surface area contributed by atoms with Crippen LogP contribution < -0.4 is 10.9 Å². The van der Waals surface area contributed by atoms with Crippen molar-refractivity contribution in [3.8, 4) is 0 Å². The molecule has 21 heavy (non-hydrogen) atoms. The lowest BCUT2D eigenvalue weighted by molar-refractivity contribution is 0.372. The zero-order valence-electron chi connectivity index (χ0n) is 13.0. The highest BCUT2D eigenvalue weighted by Gasteiger charge is 2.13. The van der Waals surface area contributed by atoms with Gasteiger partial charge in [0, 0.05) is 23.5 Å². The number of hydrogen-bond acceptors (Lipinski definition) is 2. The molecule has 2 N–H and O–H groups in total. The topological polar surface area (TPSA) is 44.9 Å². The molecule has 0 spiro atoms. The normalized spacial score (nSPS) is 16.5. The number of fused-ring (bicyclic) bond motifs is 1. The van der Waals surface area contributed by atoms with Crippen LogP contribution in [0.15, 0.2) is 23.0 Å². The van der Waals surface area contributed by atoms with Gasteiger partial charge in [0.15, 0.2) is 0 Å². The highest BCUT2D eigenvalue weighted by Crippen LogP contribution is 2.20. The minimum absolute atomic E-state index is 0.0412. The molecule has 3 nitrogen and oxygen atoms in total. The summed E-state index contributed by atoms with van der Waals surface area (Å²) >= 11 is 0. The third-order valence-corrected chi connectivity index (χ3v) is 4.71. The number of aryl methyl sites for hydroxylation is 2. The molecule has 1 heterocycles. The lowest BCUT2D eigenvalue weighted by atomic mass is 9.95. The van der Waals surface area contributed by atoms with E-state index in [-0.39, 0.29) is 5.56 Å². The largest absolute Gasteiger partial charge is 0.321 e. The van der Waals surface area contributed by atoms with Crippen molar-refractivity contribution in [1.82, 2.24) is 10.3 Å². The number of benzene rings is 1. The third kappa shape index (κ3) is 3.03. The Kier molecular flexibility index (Phi) is 4.11. The molecule has 0 amide bonds. The van der Waals surface area contributed by atoms with Gasteiger partial charge in [-0.2, -0.15) is 0 Å². The van der Waals surface area contributed by atoms with E-state index < -0.39 is 0 Å². The number of aromatic amines is 1. The Morgan fingerprint density at radius 2 is 1.86 bits per heavy atom. The van der Waals surface area contributed by atoms with E-state index in [9.17, 15) is 4.79 Å². The highest BCUT2D eigenvalue weighted by molar-refractivity contribution is 5.85. The van der Waals surface area contributed by atoms with Crippen LogP contribution in [0.4, 0.5) is 0 Å². The van der Waals surface area contributed by atoms with Gasteiger partial charge in [0.2, 0.25) is 0 Å². The molecule has 3 heteroatoms. The van der Waals surface area contributed by atoms with Gasteiger partial charge in [0.25, 0.3) is 5.56 Å². The van der Waals surface area contributed by atoms with Crippen molar-refractivity contribution in [2.75, 3.05) is 0 Å². The van der Waals surface area contributed by atoms with E-state index in [0.717, 1.165) is 22.0 Å². The Morgan fingerprint density at radius 1 is 1.14 bits per heavy atom. The number of hydrogen-bond donors (Lipinski definition) is 2. The predicted molar refractivity (Wildman–Crippen MR) is 87.8 cm³/mol. The highest BCUT2D eigenvalue weighted by atomic mass is 16.1. The summed E-state index contributed by atoms with van der Waals surface area (Å²) < 4.78 is 0. The van der Waals surface area contributed by atoms with Crippen molar-refractivity contribution in [3.05, 3.63) is 45.2 Å². The van der Waals surface area contributed by atoms with Crippen LogP contribution in [0.2, 0.25) is 0 Å². The van der Waals surface area contributed by atoms with Gasteiger partial charge in [-0.3, -0.25) is 4.79 Å². The van der Waals surface area contributed by atoms with Gasteiger partial charge in [0.05, 0.1) is 5.52 Å². The number of nitrogens with one attached hydrogen (secondary N) is 2. The lowest BCUT2D eigenvalue weighted by Gasteiger charge is -2.22. The first-order valence-electron chi connectivity index (χ1n) is 8.00. The van der Waals surface area contributed by atoms with Gasteiger partial charge in [-0.25, -0.2) is 0 Å². The SMILES string of the molecule is Cc1ccc(C)c2[nH]c(=O)c(CNC3CCCCC3)cc12. The van der Waals surface area contributed by atoms with Gasteiger partial charge in [-0.15, -0.1) is 0 Å². The molecule has 0 radical (unpaired) electrons. The first-order chi connectivity index (χ1) is 10.1. The van der Waals surface area contributed by atoms with E-state index in [1.54, 1.807) is 0 Å². The molecular weight excluding hydrogens is 260 g/mol. The Balaban J connectivity index is 1.86. The van der Waals surface area contributed by atoms with Gasteiger partial charge >= 0.3 is 0 Å². The summed E-state index contributed by atoms with van der Waals surface area (Å²) in [6.07, 6.45) is 6.45. The summed E-state index contributed by atoms with van der Waals surface area (Å²) in [6, 6.07) is 6.82. The second-order valence-corrected chi connectivity index (χ2v) is 6.33. The van der Waals surface area contributed by atoms with E-state index in [0.29, 0.717) is 12.6 Å². The zero-order chi connectivity index (χ0) is 14.8. The fourth-order valence-corrected chi connectivity index (χ4v) is 3.31. The van der Waals surface area contributed by atoms with Crippen molar-refractivity contribution < 1.29 is 0 Å². The standard InChI is InChI=1S/C18H24N2O/c1-12-8-9-13(2)17-16(12)10-14(18(21)20-17)11-19-15-6-4-3-5-7-15/h8-10,15,19H,3-7,11H2,1-2H3,(H,20,21). The summed E-state index contributed by atoms with van der Waals surface area (Å²) in [6.45, 7) is 4.80. The summed E-state index contributed by atoms with van der Waals surface area (Å²) in [7, 11) is 0. The van der Waals surface area contributed by atoms with Crippen molar-refractivity contribution >= 4 is 10.9 Å². The Hall–Kier alpha value is -1.61. The number of aromatic nitrogens is 1. The second-order valence-electron chi connectivity index (χ2n) is 6.33. The van der Waals surface area contributed by atoms with Crippen molar-refractivity contribution in [2.45, 2.75) is 58.5 Å². The maximum atomic E-state index is 12.3.